The van der Waals surface area contributed by atoms with Crippen LogP contribution in [0.5, 0.6) is 0 Å². The van der Waals surface area contributed by atoms with Gasteiger partial charge in [-0.25, -0.2) is 9.97 Å². The number of nitrogens with two attached hydrogens (primary N) is 1. The number of hydrogen-bond acceptors (Lipinski definition) is 4. The van der Waals surface area contributed by atoms with E-state index in [4.69, 9.17) is 21.8 Å². The lowest BCUT2D eigenvalue weighted by molar-refractivity contribution is 0.627. The maximum Gasteiger partial charge on any atom is 0.154 e. The summed E-state index contributed by atoms with van der Waals surface area (Å²) < 4.78 is 5.79. The van der Waals surface area contributed by atoms with Gasteiger partial charge in [0.25, 0.3) is 0 Å². The highest BCUT2D eigenvalue weighted by atomic mass is 35.5. The Labute approximate surface area is 121 Å². The molecule has 0 aliphatic heterocycles. The van der Waals surface area contributed by atoms with E-state index in [1.807, 2.05) is 18.2 Å². The van der Waals surface area contributed by atoms with Gasteiger partial charge in [0, 0.05) is 22.9 Å². The van der Waals surface area contributed by atoms with Crippen molar-refractivity contribution in [3.05, 3.63) is 41.2 Å². The van der Waals surface area contributed by atoms with Crippen LogP contribution in [0.15, 0.2) is 34.7 Å². The Morgan fingerprint density at radius 2 is 2.05 bits per heavy atom. The molecule has 2 N–H and O–H groups in total. The van der Waals surface area contributed by atoms with Gasteiger partial charge in [-0.2, -0.15) is 0 Å². The number of aromatic nitrogens is 2. The summed E-state index contributed by atoms with van der Waals surface area (Å²) >= 11 is 5.98. The van der Waals surface area contributed by atoms with Crippen LogP contribution in [0.2, 0.25) is 5.02 Å². The van der Waals surface area contributed by atoms with Gasteiger partial charge in [-0.3, -0.25) is 0 Å². The van der Waals surface area contributed by atoms with Crippen LogP contribution in [-0.4, -0.2) is 9.97 Å². The first-order valence-electron chi connectivity index (χ1n) is 6.48. The van der Waals surface area contributed by atoms with Crippen molar-refractivity contribution in [2.45, 2.75) is 19.8 Å². The van der Waals surface area contributed by atoms with Crippen molar-refractivity contribution in [3.63, 3.8) is 0 Å². The Bertz CT molecular complexity index is 767. The number of aryl methyl sites for hydroxylation is 1. The van der Waals surface area contributed by atoms with Gasteiger partial charge in [0.1, 0.15) is 22.9 Å². The van der Waals surface area contributed by atoms with Gasteiger partial charge >= 0.3 is 0 Å². The smallest absolute Gasteiger partial charge is 0.154 e. The van der Waals surface area contributed by atoms with Crippen LogP contribution in [0, 0.1) is 0 Å². The van der Waals surface area contributed by atoms with Crippen molar-refractivity contribution in [1.82, 2.24) is 9.97 Å². The lowest BCUT2D eigenvalue weighted by Gasteiger charge is -2.02. The number of nitrogen functional groups attached to an aromatic ring is 1. The zero-order valence-corrected chi connectivity index (χ0v) is 11.8. The summed E-state index contributed by atoms with van der Waals surface area (Å²) in [6, 6.07) is 9.14. The van der Waals surface area contributed by atoms with Crippen LogP contribution >= 0.6 is 11.6 Å². The number of nitrogens with zero attached hydrogens (tertiary/aromatic N) is 2. The van der Waals surface area contributed by atoms with E-state index < -0.39 is 0 Å². The molecule has 0 amide bonds. The van der Waals surface area contributed by atoms with Gasteiger partial charge in [0.2, 0.25) is 0 Å². The first-order chi connectivity index (χ1) is 9.65. The summed E-state index contributed by atoms with van der Waals surface area (Å²) in [6.45, 7) is 2.08. The molecule has 1 aromatic carbocycles. The summed E-state index contributed by atoms with van der Waals surface area (Å²) in [6.07, 6.45) is 1.77. The molecule has 5 heteroatoms. The van der Waals surface area contributed by atoms with Crippen LogP contribution in [0.1, 0.15) is 19.2 Å². The summed E-state index contributed by atoms with van der Waals surface area (Å²) in [7, 11) is 0. The highest BCUT2D eigenvalue weighted by molar-refractivity contribution is 6.31. The van der Waals surface area contributed by atoms with Gasteiger partial charge in [0.15, 0.2) is 5.76 Å². The second kappa shape index (κ2) is 5.13. The largest absolute Gasteiger partial charge is 0.454 e. The third-order valence-corrected chi connectivity index (χ3v) is 3.23. The number of anilines is 1. The number of halogens is 1. The second-order valence-electron chi connectivity index (χ2n) is 4.64. The standard InChI is InChI=1S/C15H14ClN3O/c1-2-3-15-18-11(8-14(17)19-15)13-7-9-6-10(16)4-5-12(9)20-13/h4-8H,2-3H2,1H3,(H2,17,18,19). The average molecular weight is 288 g/mol. The fraction of sp³-hybridized carbons (Fsp3) is 0.200. The number of benzene rings is 1. The summed E-state index contributed by atoms with van der Waals surface area (Å²) in [5.41, 5.74) is 7.31. The van der Waals surface area contributed by atoms with E-state index >= 15 is 0 Å². The van der Waals surface area contributed by atoms with Gasteiger partial charge in [0.05, 0.1) is 0 Å². The Balaban J connectivity index is 2.10. The highest BCUT2D eigenvalue weighted by Crippen LogP contribution is 2.29. The van der Waals surface area contributed by atoms with Crippen molar-refractivity contribution >= 4 is 28.4 Å². The Hall–Kier alpha value is -2.07. The molecule has 0 aliphatic rings. The SMILES string of the molecule is CCCc1nc(N)cc(-c2cc3cc(Cl)ccc3o2)n1. The molecule has 0 spiro atoms. The predicted octanol–water partition coefficient (Wildman–Crippen LogP) is 4.08. The van der Waals surface area contributed by atoms with Crippen molar-refractivity contribution in [1.29, 1.82) is 0 Å². The molecular weight excluding hydrogens is 274 g/mol. The zero-order valence-electron chi connectivity index (χ0n) is 11.1. The Morgan fingerprint density at radius 3 is 2.85 bits per heavy atom. The first kappa shape index (κ1) is 12.9. The minimum atomic E-state index is 0.455. The lowest BCUT2D eigenvalue weighted by Crippen LogP contribution is -2.00. The molecule has 3 aromatic rings. The molecule has 0 unspecified atom stereocenters. The monoisotopic (exact) mass is 287 g/mol. The van der Waals surface area contributed by atoms with E-state index in [9.17, 15) is 0 Å². The molecule has 20 heavy (non-hydrogen) atoms. The van der Waals surface area contributed by atoms with E-state index in [2.05, 4.69) is 16.9 Å². The minimum absolute atomic E-state index is 0.455. The van der Waals surface area contributed by atoms with Crippen LogP contribution in [0.25, 0.3) is 22.4 Å². The molecule has 2 aromatic heterocycles. The number of rotatable bonds is 3. The fourth-order valence-corrected chi connectivity index (χ4v) is 2.30. The van der Waals surface area contributed by atoms with Gasteiger partial charge < -0.3 is 10.2 Å². The van der Waals surface area contributed by atoms with E-state index in [1.54, 1.807) is 12.1 Å². The highest BCUT2D eigenvalue weighted by Gasteiger charge is 2.10. The van der Waals surface area contributed by atoms with Gasteiger partial charge in [-0.15, -0.1) is 0 Å². The van der Waals surface area contributed by atoms with Crippen LogP contribution < -0.4 is 5.73 Å². The third-order valence-electron chi connectivity index (χ3n) is 3.00. The second-order valence-corrected chi connectivity index (χ2v) is 5.07. The fourth-order valence-electron chi connectivity index (χ4n) is 2.12. The van der Waals surface area contributed by atoms with Crippen molar-refractivity contribution in [2.24, 2.45) is 0 Å². The topological polar surface area (TPSA) is 64.9 Å². The molecule has 0 saturated carbocycles. The van der Waals surface area contributed by atoms with Gasteiger partial charge in [-0.1, -0.05) is 18.5 Å². The number of fused-ring (bicyclic) bond motifs is 1. The van der Waals surface area contributed by atoms with Crippen molar-refractivity contribution in [2.75, 3.05) is 5.73 Å². The van der Waals surface area contributed by atoms with E-state index in [0.717, 1.165) is 29.6 Å². The molecule has 0 atom stereocenters. The van der Waals surface area contributed by atoms with E-state index in [0.29, 0.717) is 22.3 Å². The minimum Gasteiger partial charge on any atom is -0.454 e. The van der Waals surface area contributed by atoms with Gasteiger partial charge in [-0.05, 0) is 30.7 Å². The summed E-state index contributed by atoms with van der Waals surface area (Å²) in [4.78, 5) is 8.71. The van der Waals surface area contributed by atoms with Crippen molar-refractivity contribution < 1.29 is 4.42 Å². The zero-order chi connectivity index (χ0) is 14.1. The molecule has 0 saturated heterocycles. The number of hydrogen-bond donors (Lipinski definition) is 1. The molecule has 2 heterocycles. The lowest BCUT2D eigenvalue weighted by atomic mass is 10.2. The molecule has 0 aliphatic carbocycles. The Morgan fingerprint density at radius 1 is 1.20 bits per heavy atom. The molecule has 3 rings (SSSR count). The first-order valence-corrected chi connectivity index (χ1v) is 6.86. The predicted molar refractivity (Wildman–Crippen MR) is 80.7 cm³/mol. The molecule has 4 nitrogen and oxygen atoms in total. The molecular formula is C15H14ClN3O. The Kier molecular flexibility index (Phi) is 3.32. The third kappa shape index (κ3) is 2.47. The van der Waals surface area contributed by atoms with E-state index in [1.165, 1.54) is 0 Å². The quantitative estimate of drug-likeness (QED) is 0.788. The molecule has 0 fully saturated rings. The van der Waals surface area contributed by atoms with Crippen LogP contribution in [0.3, 0.4) is 0 Å². The van der Waals surface area contributed by atoms with Crippen molar-refractivity contribution in [3.8, 4) is 11.5 Å². The molecule has 0 bridgehead atoms. The summed E-state index contributed by atoms with van der Waals surface area (Å²) in [5.74, 6) is 1.87. The molecule has 0 radical (unpaired) electrons. The van der Waals surface area contributed by atoms with Crippen LogP contribution in [-0.2, 0) is 6.42 Å². The maximum atomic E-state index is 5.98. The summed E-state index contributed by atoms with van der Waals surface area (Å²) in [5, 5.41) is 1.63. The van der Waals surface area contributed by atoms with Crippen LogP contribution in [0.4, 0.5) is 5.82 Å². The van der Waals surface area contributed by atoms with E-state index in [-0.39, 0.29) is 0 Å². The normalized spacial score (nSPS) is 11.1. The average Bonchev–Trinajstić information content (AvgIpc) is 2.81. The number of furan rings is 1. The molecule has 102 valence electrons. The maximum absolute atomic E-state index is 5.98.